The molecule has 148 valence electrons. The Labute approximate surface area is 166 Å². The van der Waals surface area contributed by atoms with Crippen molar-refractivity contribution in [1.29, 1.82) is 0 Å². The molecule has 1 aliphatic heterocycles. The van der Waals surface area contributed by atoms with E-state index in [1.54, 1.807) is 11.9 Å². The zero-order valence-electron chi connectivity index (χ0n) is 16.3. The Morgan fingerprint density at radius 3 is 2.29 bits per heavy atom. The van der Waals surface area contributed by atoms with E-state index in [1.165, 1.54) is 5.56 Å². The Balaban J connectivity index is 1.76. The van der Waals surface area contributed by atoms with Gasteiger partial charge in [-0.3, -0.25) is 14.5 Å². The van der Waals surface area contributed by atoms with Gasteiger partial charge in [0.15, 0.2) is 0 Å². The Morgan fingerprint density at radius 2 is 1.68 bits per heavy atom. The number of rotatable bonds is 6. The highest BCUT2D eigenvalue weighted by molar-refractivity contribution is 5.90. The van der Waals surface area contributed by atoms with Crippen LogP contribution >= 0.6 is 0 Å². The van der Waals surface area contributed by atoms with E-state index < -0.39 is 12.1 Å². The van der Waals surface area contributed by atoms with Crippen molar-refractivity contribution in [2.24, 2.45) is 5.73 Å². The largest absolute Gasteiger partial charge is 0.357 e. The molecule has 0 aliphatic carbocycles. The second kappa shape index (κ2) is 9.48. The number of nitrogens with two attached hydrogens (primary N) is 1. The molecule has 1 saturated heterocycles. The van der Waals surface area contributed by atoms with Gasteiger partial charge in [-0.2, -0.15) is 0 Å². The molecule has 2 amide bonds. The van der Waals surface area contributed by atoms with Gasteiger partial charge in [0.05, 0.1) is 6.04 Å². The number of hydrogen-bond donors (Lipinski definition) is 2. The summed E-state index contributed by atoms with van der Waals surface area (Å²) in [5, 5.41) is 2.70. The van der Waals surface area contributed by atoms with Gasteiger partial charge in [-0.1, -0.05) is 60.7 Å². The molecule has 1 heterocycles. The number of carbonyl (C=O) groups is 2. The number of hydrogen-bond acceptors (Lipinski definition) is 4. The van der Waals surface area contributed by atoms with E-state index in [4.69, 9.17) is 5.73 Å². The minimum atomic E-state index is -0.644. The van der Waals surface area contributed by atoms with Gasteiger partial charge in [-0.25, -0.2) is 0 Å². The fourth-order valence-corrected chi connectivity index (χ4v) is 3.66. The first-order chi connectivity index (χ1) is 13.6. The van der Waals surface area contributed by atoms with Crippen molar-refractivity contribution >= 4 is 11.8 Å². The molecule has 0 saturated carbocycles. The summed E-state index contributed by atoms with van der Waals surface area (Å²) in [5.74, 6) is -0.332. The van der Waals surface area contributed by atoms with Crippen molar-refractivity contribution < 1.29 is 9.59 Å². The summed E-state index contributed by atoms with van der Waals surface area (Å²) in [6.45, 7) is 2.37. The molecule has 1 aliphatic rings. The van der Waals surface area contributed by atoms with Crippen molar-refractivity contribution in [2.75, 3.05) is 26.7 Å². The fourth-order valence-electron chi connectivity index (χ4n) is 3.66. The monoisotopic (exact) mass is 380 g/mol. The molecule has 2 atom stereocenters. The molecule has 28 heavy (non-hydrogen) atoms. The summed E-state index contributed by atoms with van der Waals surface area (Å²) in [4.78, 5) is 29.4. The Bertz CT molecular complexity index is 782. The molecular weight excluding hydrogens is 352 g/mol. The topological polar surface area (TPSA) is 78.7 Å². The minimum absolute atomic E-state index is 0.166. The van der Waals surface area contributed by atoms with Crippen LogP contribution in [0.1, 0.15) is 11.1 Å². The molecular formula is C22H28N4O2. The first kappa shape index (κ1) is 20.0. The number of carbonyl (C=O) groups excluding carboxylic acids is 2. The Kier molecular flexibility index (Phi) is 6.79. The van der Waals surface area contributed by atoms with Crippen LogP contribution in [0.2, 0.25) is 0 Å². The van der Waals surface area contributed by atoms with Gasteiger partial charge in [0.1, 0.15) is 6.04 Å². The highest BCUT2D eigenvalue weighted by Gasteiger charge is 2.35. The van der Waals surface area contributed by atoms with Crippen LogP contribution in [0.5, 0.6) is 0 Å². The molecule has 0 spiro atoms. The van der Waals surface area contributed by atoms with Crippen molar-refractivity contribution in [1.82, 2.24) is 15.1 Å². The normalized spacial score (nSPS) is 19.1. The number of benzene rings is 2. The fraction of sp³-hybridized carbons (Fsp3) is 0.364. The first-order valence-corrected chi connectivity index (χ1v) is 9.66. The average molecular weight is 380 g/mol. The SMILES string of the molecule is CNC(=O)[C@H](Cc1ccccc1)N1CCN(Cc2ccccc2)C[C@H](N)C1=O. The molecule has 6 heteroatoms. The minimum Gasteiger partial charge on any atom is -0.357 e. The lowest BCUT2D eigenvalue weighted by Crippen LogP contribution is -2.54. The molecule has 0 unspecified atom stereocenters. The molecule has 0 bridgehead atoms. The number of amides is 2. The summed E-state index contributed by atoms with van der Waals surface area (Å²) in [5.41, 5.74) is 8.42. The average Bonchev–Trinajstić information content (AvgIpc) is 2.86. The van der Waals surface area contributed by atoms with Crippen LogP contribution in [-0.2, 0) is 22.6 Å². The van der Waals surface area contributed by atoms with Crippen LogP contribution in [0, 0.1) is 0 Å². The molecule has 3 N–H and O–H groups in total. The van der Waals surface area contributed by atoms with Crippen LogP contribution < -0.4 is 11.1 Å². The summed E-state index contributed by atoms with van der Waals surface area (Å²) >= 11 is 0. The van der Waals surface area contributed by atoms with Gasteiger partial charge in [0.25, 0.3) is 0 Å². The highest BCUT2D eigenvalue weighted by atomic mass is 16.2. The van der Waals surface area contributed by atoms with Gasteiger partial charge in [0, 0.05) is 39.6 Å². The maximum Gasteiger partial charge on any atom is 0.242 e. The smallest absolute Gasteiger partial charge is 0.242 e. The summed E-state index contributed by atoms with van der Waals surface area (Å²) in [7, 11) is 1.60. The molecule has 3 rings (SSSR count). The predicted octanol–water partition coefficient (Wildman–Crippen LogP) is 1.02. The van der Waals surface area contributed by atoms with Crippen molar-refractivity contribution in [3.63, 3.8) is 0 Å². The number of nitrogens with one attached hydrogen (secondary N) is 1. The van der Waals surface area contributed by atoms with Gasteiger partial charge in [-0.15, -0.1) is 0 Å². The van der Waals surface area contributed by atoms with Crippen LogP contribution in [0.3, 0.4) is 0 Å². The molecule has 2 aromatic rings. The Hall–Kier alpha value is -2.70. The highest BCUT2D eigenvalue weighted by Crippen LogP contribution is 2.15. The van der Waals surface area contributed by atoms with Crippen LogP contribution in [0.15, 0.2) is 60.7 Å². The summed E-state index contributed by atoms with van der Waals surface area (Å²) < 4.78 is 0. The first-order valence-electron chi connectivity index (χ1n) is 9.66. The van der Waals surface area contributed by atoms with E-state index in [2.05, 4.69) is 22.3 Å². The van der Waals surface area contributed by atoms with Crippen molar-refractivity contribution in [2.45, 2.75) is 25.0 Å². The van der Waals surface area contributed by atoms with Crippen molar-refractivity contribution in [3.05, 3.63) is 71.8 Å². The van der Waals surface area contributed by atoms with E-state index in [0.717, 1.165) is 12.1 Å². The van der Waals surface area contributed by atoms with E-state index in [0.29, 0.717) is 26.1 Å². The van der Waals surface area contributed by atoms with Crippen LogP contribution in [-0.4, -0.2) is 60.4 Å². The third kappa shape index (κ3) is 4.97. The van der Waals surface area contributed by atoms with Crippen LogP contribution in [0.4, 0.5) is 0 Å². The zero-order valence-corrected chi connectivity index (χ0v) is 16.3. The number of nitrogens with zero attached hydrogens (tertiary/aromatic N) is 2. The van der Waals surface area contributed by atoms with E-state index in [1.807, 2.05) is 48.5 Å². The van der Waals surface area contributed by atoms with Crippen molar-refractivity contribution in [3.8, 4) is 0 Å². The molecule has 0 aromatic heterocycles. The lowest BCUT2D eigenvalue weighted by molar-refractivity contribution is -0.140. The van der Waals surface area contributed by atoms with Crippen LogP contribution in [0.25, 0.3) is 0 Å². The lowest BCUT2D eigenvalue weighted by Gasteiger charge is -2.30. The molecule has 2 aromatic carbocycles. The third-order valence-electron chi connectivity index (χ3n) is 5.16. The summed E-state index contributed by atoms with van der Waals surface area (Å²) in [6.07, 6.45) is 0.470. The van der Waals surface area contributed by atoms with Gasteiger partial charge >= 0.3 is 0 Å². The maximum atomic E-state index is 13.0. The second-order valence-corrected chi connectivity index (χ2v) is 7.18. The molecule has 1 fully saturated rings. The standard InChI is InChI=1S/C22H28N4O2/c1-24-21(27)20(14-17-8-4-2-5-9-17)26-13-12-25(16-19(23)22(26)28)15-18-10-6-3-7-11-18/h2-11,19-20H,12-16,23H2,1H3,(H,24,27)/t19-,20-/m0/s1. The quantitative estimate of drug-likeness (QED) is 0.784. The zero-order chi connectivity index (χ0) is 19.9. The lowest BCUT2D eigenvalue weighted by atomic mass is 10.0. The predicted molar refractivity (Wildman–Crippen MR) is 109 cm³/mol. The van der Waals surface area contributed by atoms with E-state index in [-0.39, 0.29) is 11.8 Å². The summed E-state index contributed by atoms with van der Waals surface area (Å²) in [6, 6.07) is 18.7. The van der Waals surface area contributed by atoms with E-state index in [9.17, 15) is 9.59 Å². The van der Waals surface area contributed by atoms with Gasteiger partial charge < -0.3 is 16.0 Å². The van der Waals surface area contributed by atoms with E-state index >= 15 is 0 Å². The maximum absolute atomic E-state index is 13.0. The van der Waals surface area contributed by atoms with Gasteiger partial charge in [0.2, 0.25) is 11.8 Å². The number of likely N-dealkylation sites (N-methyl/N-ethyl adjacent to an activating group) is 1. The Morgan fingerprint density at radius 1 is 1.07 bits per heavy atom. The molecule has 6 nitrogen and oxygen atoms in total. The second-order valence-electron chi connectivity index (χ2n) is 7.18. The third-order valence-corrected chi connectivity index (χ3v) is 5.16. The molecule has 0 radical (unpaired) electrons. The van der Waals surface area contributed by atoms with Gasteiger partial charge in [-0.05, 0) is 11.1 Å².